The summed E-state index contributed by atoms with van der Waals surface area (Å²) in [4.78, 5) is 15.8. The summed E-state index contributed by atoms with van der Waals surface area (Å²) in [6, 6.07) is 9.09. The highest BCUT2D eigenvalue weighted by molar-refractivity contribution is 5.92. The van der Waals surface area contributed by atoms with Crippen molar-refractivity contribution in [2.24, 2.45) is 0 Å². The Labute approximate surface area is 117 Å². The van der Waals surface area contributed by atoms with Gasteiger partial charge >= 0.3 is 5.97 Å². The van der Waals surface area contributed by atoms with Crippen molar-refractivity contribution >= 4 is 11.7 Å². The fourth-order valence-electron chi connectivity index (χ4n) is 1.75. The molecule has 0 radical (unpaired) electrons. The van der Waals surface area contributed by atoms with Gasteiger partial charge in [-0.15, -0.1) is 0 Å². The minimum atomic E-state index is -0.536. The molecule has 2 aromatic rings. The number of rotatable bonds is 4. The molecule has 1 aromatic heterocycles. The Bertz CT molecular complexity index is 626. The van der Waals surface area contributed by atoms with Crippen LogP contribution in [0.3, 0.4) is 0 Å². The second-order valence-corrected chi connectivity index (χ2v) is 4.22. The number of aryl methyl sites for hydroxylation is 1. The summed E-state index contributed by atoms with van der Waals surface area (Å²) >= 11 is 0. The number of methoxy groups -OCH3 is 1. The van der Waals surface area contributed by atoms with Crippen LogP contribution in [0.1, 0.15) is 22.8 Å². The number of hydrogen-bond acceptors (Lipinski definition) is 5. The van der Waals surface area contributed by atoms with Crippen LogP contribution in [0, 0.1) is 0 Å². The van der Waals surface area contributed by atoms with Crippen molar-refractivity contribution in [3.63, 3.8) is 0 Å². The minimum absolute atomic E-state index is 0.180. The van der Waals surface area contributed by atoms with E-state index in [0.717, 1.165) is 12.0 Å². The van der Waals surface area contributed by atoms with Gasteiger partial charge in [0, 0.05) is 0 Å². The predicted octanol–water partition coefficient (Wildman–Crippen LogP) is 2.81. The molecular formula is C15H16N2O3. The molecule has 5 heteroatoms. The van der Waals surface area contributed by atoms with Gasteiger partial charge in [-0.05, 0) is 30.2 Å². The van der Waals surface area contributed by atoms with E-state index in [2.05, 4.69) is 11.9 Å². The Kier molecular flexibility index (Phi) is 4.20. The van der Waals surface area contributed by atoms with Gasteiger partial charge in [-0.2, -0.15) is 0 Å². The first-order valence-corrected chi connectivity index (χ1v) is 6.24. The van der Waals surface area contributed by atoms with Gasteiger partial charge in [-0.3, -0.25) is 0 Å². The molecule has 1 aromatic carbocycles. The molecule has 2 N–H and O–H groups in total. The number of hydrogen-bond donors (Lipinski definition) is 1. The third-order valence-corrected chi connectivity index (χ3v) is 2.80. The number of carbonyl (C=O) groups excluding carboxylic acids is 1. The maximum Gasteiger partial charge on any atom is 0.343 e. The highest BCUT2D eigenvalue weighted by Crippen LogP contribution is 2.25. The van der Waals surface area contributed by atoms with E-state index in [-0.39, 0.29) is 11.4 Å². The van der Waals surface area contributed by atoms with Crippen molar-refractivity contribution < 1.29 is 14.3 Å². The minimum Gasteiger partial charge on any atom is -0.465 e. The molecule has 0 unspecified atom stereocenters. The Morgan fingerprint density at radius 3 is 2.85 bits per heavy atom. The second kappa shape index (κ2) is 6.06. The van der Waals surface area contributed by atoms with E-state index in [1.807, 2.05) is 18.2 Å². The smallest absolute Gasteiger partial charge is 0.343 e. The standard InChI is InChI=1S/C15H16N2O3/c1-3-10-5-4-6-12(7-10)20-14-13(15(18)19-2)8-11(16)9-17-14/h4-9H,3,16H2,1-2H3. The van der Waals surface area contributed by atoms with Crippen LogP contribution < -0.4 is 10.5 Å². The first-order valence-electron chi connectivity index (χ1n) is 6.24. The van der Waals surface area contributed by atoms with E-state index in [0.29, 0.717) is 11.4 Å². The van der Waals surface area contributed by atoms with E-state index in [9.17, 15) is 4.79 Å². The van der Waals surface area contributed by atoms with Crippen LogP contribution in [0.25, 0.3) is 0 Å². The zero-order chi connectivity index (χ0) is 14.5. The van der Waals surface area contributed by atoms with Gasteiger partial charge in [0.1, 0.15) is 11.3 Å². The molecular weight excluding hydrogens is 256 g/mol. The maximum atomic E-state index is 11.7. The zero-order valence-electron chi connectivity index (χ0n) is 11.4. The molecule has 1 heterocycles. The molecule has 0 bridgehead atoms. The zero-order valence-corrected chi connectivity index (χ0v) is 11.4. The quantitative estimate of drug-likeness (QED) is 0.866. The van der Waals surface area contributed by atoms with Gasteiger partial charge in [0.2, 0.25) is 5.88 Å². The Morgan fingerprint density at radius 2 is 2.15 bits per heavy atom. The van der Waals surface area contributed by atoms with Crippen molar-refractivity contribution in [1.82, 2.24) is 4.98 Å². The van der Waals surface area contributed by atoms with Crippen LogP contribution >= 0.6 is 0 Å². The summed E-state index contributed by atoms with van der Waals surface area (Å²) in [6.07, 6.45) is 2.33. The summed E-state index contributed by atoms with van der Waals surface area (Å²) in [5.74, 6) is 0.262. The van der Waals surface area contributed by atoms with Gasteiger partial charge in [-0.25, -0.2) is 9.78 Å². The topological polar surface area (TPSA) is 74.4 Å². The fourth-order valence-corrected chi connectivity index (χ4v) is 1.75. The first kappa shape index (κ1) is 13.9. The number of nitrogens with two attached hydrogens (primary N) is 1. The number of ether oxygens (including phenoxy) is 2. The SMILES string of the molecule is CCc1cccc(Oc2ncc(N)cc2C(=O)OC)c1. The third-order valence-electron chi connectivity index (χ3n) is 2.80. The fraction of sp³-hybridized carbons (Fsp3) is 0.200. The van der Waals surface area contributed by atoms with Crippen molar-refractivity contribution in [3.05, 3.63) is 47.7 Å². The summed E-state index contributed by atoms with van der Waals surface area (Å²) in [6.45, 7) is 2.06. The van der Waals surface area contributed by atoms with Gasteiger partial charge in [-0.1, -0.05) is 19.1 Å². The molecule has 0 aliphatic carbocycles. The van der Waals surface area contributed by atoms with Crippen LogP contribution in [0.4, 0.5) is 5.69 Å². The van der Waals surface area contributed by atoms with Crippen molar-refractivity contribution in [2.45, 2.75) is 13.3 Å². The molecule has 0 saturated heterocycles. The van der Waals surface area contributed by atoms with Crippen molar-refractivity contribution in [1.29, 1.82) is 0 Å². The van der Waals surface area contributed by atoms with E-state index in [4.69, 9.17) is 15.2 Å². The second-order valence-electron chi connectivity index (χ2n) is 4.22. The molecule has 0 amide bonds. The van der Waals surface area contributed by atoms with Crippen molar-refractivity contribution in [3.8, 4) is 11.6 Å². The van der Waals surface area contributed by atoms with Crippen molar-refractivity contribution in [2.75, 3.05) is 12.8 Å². The van der Waals surface area contributed by atoms with Crippen LogP contribution in [-0.2, 0) is 11.2 Å². The monoisotopic (exact) mass is 272 g/mol. The van der Waals surface area contributed by atoms with Gasteiger partial charge < -0.3 is 15.2 Å². The Balaban J connectivity index is 2.35. The molecule has 104 valence electrons. The number of aromatic nitrogens is 1. The maximum absolute atomic E-state index is 11.7. The highest BCUT2D eigenvalue weighted by Gasteiger charge is 2.16. The van der Waals surface area contributed by atoms with Crippen LogP contribution in [0.15, 0.2) is 36.5 Å². The first-order chi connectivity index (χ1) is 9.63. The normalized spacial score (nSPS) is 10.1. The average Bonchev–Trinajstić information content (AvgIpc) is 2.48. The summed E-state index contributed by atoms with van der Waals surface area (Å²) < 4.78 is 10.4. The molecule has 0 aliphatic heterocycles. The lowest BCUT2D eigenvalue weighted by Crippen LogP contribution is -2.06. The predicted molar refractivity (Wildman–Crippen MR) is 75.9 cm³/mol. The number of nitrogen functional groups attached to an aromatic ring is 1. The molecule has 5 nitrogen and oxygen atoms in total. The van der Waals surface area contributed by atoms with Gasteiger partial charge in [0.25, 0.3) is 0 Å². The van der Waals surface area contributed by atoms with E-state index in [1.165, 1.54) is 19.4 Å². The number of esters is 1. The van der Waals surface area contributed by atoms with Crippen LogP contribution in [0.5, 0.6) is 11.6 Å². The van der Waals surface area contributed by atoms with E-state index < -0.39 is 5.97 Å². The number of benzene rings is 1. The molecule has 20 heavy (non-hydrogen) atoms. The number of anilines is 1. The number of carbonyl (C=O) groups is 1. The lowest BCUT2D eigenvalue weighted by molar-refractivity contribution is 0.0597. The molecule has 0 fully saturated rings. The summed E-state index contributed by atoms with van der Waals surface area (Å²) in [5.41, 5.74) is 7.35. The van der Waals surface area contributed by atoms with Crippen LogP contribution in [0.2, 0.25) is 0 Å². The highest BCUT2D eigenvalue weighted by atomic mass is 16.5. The molecule has 0 aliphatic rings. The largest absolute Gasteiger partial charge is 0.465 e. The molecule has 0 atom stereocenters. The third kappa shape index (κ3) is 3.06. The van der Waals surface area contributed by atoms with E-state index >= 15 is 0 Å². The van der Waals surface area contributed by atoms with Gasteiger partial charge in [0.15, 0.2) is 0 Å². The average molecular weight is 272 g/mol. The lowest BCUT2D eigenvalue weighted by atomic mass is 10.2. The molecule has 0 spiro atoms. The van der Waals surface area contributed by atoms with Gasteiger partial charge in [0.05, 0.1) is 19.0 Å². The number of nitrogens with zero attached hydrogens (tertiary/aromatic N) is 1. The van der Waals surface area contributed by atoms with E-state index in [1.54, 1.807) is 6.07 Å². The Hall–Kier alpha value is -2.56. The molecule has 2 rings (SSSR count). The summed E-state index contributed by atoms with van der Waals surface area (Å²) in [5, 5.41) is 0. The lowest BCUT2D eigenvalue weighted by Gasteiger charge is -2.10. The number of pyridine rings is 1. The molecule has 0 saturated carbocycles. The summed E-state index contributed by atoms with van der Waals surface area (Å²) in [7, 11) is 1.30. The Morgan fingerprint density at radius 1 is 1.35 bits per heavy atom. The van der Waals surface area contributed by atoms with Crippen LogP contribution in [-0.4, -0.2) is 18.1 Å².